The zero-order chi connectivity index (χ0) is 11.3. The smallest absolute Gasteiger partial charge is 0.341 e. The lowest BCUT2D eigenvalue weighted by molar-refractivity contribution is -0.136. The van der Waals surface area contributed by atoms with E-state index in [1.54, 1.807) is 0 Å². The molecule has 0 aliphatic carbocycles. The number of aldehydes is 1. The summed E-state index contributed by atoms with van der Waals surface area (Å²) in [6.07, 6.45) is 1.73. The zero-order valence-electron chi connectivity index (χ0n) is 8.07. The van der Waals surface area contributed by atoms with Crippen LogP contribution >= 0.6 is 0 Å². The lowest BCUT2D eigenvalue weighted by Crippen LogP contribution is -2.05. The first-order chi connectivity index (χ1) is 7.17. The van der Waals surface area contributed by atoms with Crippen molar-refractivity contribution in [3.8, 4) is 0 Å². The summed E-state index contributed by atoms with van der Waals surface area (Å²) in [6.45, 7) is 0. The molecule has 4 heteroatoms. The molecule has 0 saturated carbocycles. The highest BCUT2D eigenvalue weighted by Crippen LogP contribution is 2.08. The molecule has 0 unspecified atom stereocenters. The molecule has 0 aliphatic rings. The molecule has 1 aromatic rings. The minimum absolute atomic E-state index is 0.107. The molecular formula is C11H9FO3. The standard InChI is InChI=1S/C11H9FO3/c1-15-11(14)9(7-13)6-8-2-4-10(12)5-3-8/h2-7H,1H3/b9-6-. The average Bonchev–Trinajstić information content (AvgIpc) is 2.27. The van der Waals surface area contributed by atoms with Gasteiger partial charge in [-0.3, -0.25) is 4.79 Å². The molecule has 0 aliphatic heterocycles. The van der Waals surface area contributed by atoms with Crippen LogP contribution in [0, 0.1) is 5.82 Å². The van der Waals surface area contributed by atoms with Crippen molar-refractivity contribution in [2.45, 2.75) is 0 Å². The summed E-state index contributed by atoms with van der Waals surface area (Å²) in [5.74, 6) is -1.09. The molecule has 15 heavy (non-hydrogen) atoms. The number of carbonyl (C=O) groups is 2. The number of benzene rings is 1. The van der Waals surface area contributed by atoms with Gasteiger partial charge in [0, 0.05) is 0 Å². The molecule has 3 nitrogen and oxygen atoms in total. The third-order valence-corrected chi connectivity index (χ3v) is 1.74. The van der Waals surface area contributed by atoms with Crippen molar-refractivity contribution in [1.82, 2.24) is 0 Å². The van der Waals surface area contributed by atoms with Gasteiger partial charge in [-0.2, -0.15) is 0 Å². The van der Waals surface area contributed by atoms with E-state index < -0.39 is 5.97 Å². The fraction of sp³-hybridized carbons (Fsp3) is 0.0909. The van der Waals surface area contributed by atoms with Gasteiger partial charge in [-0.25, -0.2) is 9.18 Å². The highest BCUT2D eigenvalue weighted by atomic mass is 19.1. The number of rotatable bonds is 3. The first kappa shape index (κ1) is 11.1. The number of hydrogen-bond donors (Lipinski definition) is 0. The van der Waals surface area contributed by atoms with Crippen LogP contribution in [0.5, 0.6) is 0 Å². The van der Waals surface area contributed by atoms with Crippen molar-refractivity contribution < 1.29 is 18.7 Å². The lowest BCUT2D eigenvalue weighted by atomic mass is 10.1. The molecule has 0 atom stereocenters. The molecule has 0 bridgehead atoms. The molecule has 0 radical (unpaired) electrons. The van der Waals surface area contributed by atoms with E-state index >= 15 is 0 Å². The summed E-state index contributed by atoms with van der Waals surface area (Å²) in [5, 5.41) is 0. The molecule has 0 fully saturated rings. The zero-order valence-corrected chi connectivity index (χ0v) is 8.07. The van der Waals surface area contributed by atoms with Gasteiger partial charge in [0.25, 0.3) is 0 Å². The Kier molecular flexibility index (Phi) is 3.74. The number of esters is 1. The molecule has 78 valence electrons. The fourth-order valence-corrected chi connectivity index (χ4v) is 0.997. The summed E-state index contributed by atoms with van der Waals surface area (Å²) >= 11 is 0. The second-order valence-corrected chi connectivity index (χ2v) is 2.76. The van der Waals surface area contributed by atoms with E-state index in [2.05, 4.69) is 4.74 Å². The van der Waals surface area contributed by atoms with Gasteiger partial charge < -0.3 is 4.74 Å². The van der Waals surface area contributed by atoms with Crippen LogP contribution in [-0.4, -0.2) is 19.4 Å². The Balaban J connectivity index is 2.98. The lowest BCUT2D eigenvalue weighted by Gasteiger charge is -1.97. The van der Waals surface area contributed by atoms with E-state index in [0.29, 0.717) is 11.8 Å². The van der Waals surface area contributed by atoms with Crippen LogP contribution < -0.4 is 0 Å². The number of carbonyl (C=O) groups excluding carboxylic acids is 2. The topological polar surface area (TPSA) is 43.4 Å². The predicted molar refractivity (Wildman–Crippen MR) is 52.5 cm³/mol. The van der Waals surface area contributed by atoms with Gasteiger partial charge in [0.05, 0.1) is 12.7 Å². The van der Waals surface area contributed by atoms with Crippen molar-refractivity contribution in [3.05, 3.63) is 41.2 Å². The van der Waals surface area contributed by atoms with Gasteiger partial charge in [-0.15, -0.1) is 0 Å². The average molecular weight is 208 g/mol. The summed E-state index contributed by atoms with van der Waals surface area (Å²) < 4.78 is 16.9. The monoisotopic (exact) mass is 208 g/mol. The Morgan fingerprint density at radius 1 is 1.33 bits per heavy atom. The summed E-state index contributed by atoms with van der Waals surface area (Å²) in [7, 11) is 1.18. The van der Waals surface area contributed by atoms with E-state index in [4.69, 9.17) is 0 Å². The Hall–Kier alpha value is -1.97. The van der Waals surface area contributed by atoms with Crippen LogP contribution in [0.15, 0.2) is 29.8 Å². The number of halogens is 1. The number of methoxy groups -OCH3 is 1. The molecular weight excluding hydrogens is 199 g/mol. The van der Waals surface area contributed by atoms with Crippen molar-refractivity contribution >= 4 is 18.3 Å². The Bertz CT molecular complexity index is 393. The Morgan fingerprint density at radius 2 is 1.93 bits per heavy atom. The maximum absolute atomic E-state index is 12.5. The number of ether oxygens (including phenoxy) is 1. The molecule has 0 amide bonds. The molecule has 0 saturated heterocycles. The van der Waals surface area contributed by atoms with Crippen LogP contribution in [0.2, 0.25) is 0 Å². The maximum Gasteiger partial charge on any atom is 0.341 e. The van der Waals surface area contributed by atoms with Gasteiger partial charge >= 0.3 is 5.97 Å². The van der Waals surface area contributed by atoms with E-state index in [9.17, 15) is 14.0 Å². The van der Waals surface area contributed by atoms with Crippen molar-refractivity contribution in [3.63, 3.8) is 0 Å². The maximum atomic E-state index is 12.5. The first-order valence-electron chi connectivity index (χ1n) is 4.18. The third-order valence-electron chi connectivity index (χ3n) is 1.74. The van der Waals surface area contributed by atoms with Gasteiger partial charge in [0.1, 0.15) is 5.82 Å². The van der Waals surface area contributed by atoms with Crippen LogP contribution in [-0.2, 0) is 14.3 Å². The fourth-order valence-electron chi connectivity index (χ4n) is 0.997. The molecule has 0 spiro atoms. The second kappa shape index (κ2) is 5.05. The van der Waals surface area contributed by atoms with Crippen molar-refractivity contribution in [1.29, 1.82) is 0 Å². The van der Waals surface area contributed by atoms with E-state index in [-0.39, 0.29) is 11.4 Å². The van der Waals surface area contributed by atoms with Gasteiger partial charge in [-0.1, -0.05) is 12.1 Å². The van der Waals surface area contributed by atoms with Crippen molar-refractivity contribution in [2.24, 2.45) is 0 Å². The van der Waals surface area contributed by atoms with Gasteiger partial charge in [-0.05, 0) is 23.8 Å². The summed E-state index contributed by atoms with van der Waals surface area (Å²) in [6, 6.07) is 5.40. The summed E-state index contributed by atoms with van der Waals surface area (Å²) in [5.41, 5.74) is 0.452. The highest BCUT2D eigenvalue weighted by Gasteiger charge is 2.07. The minimum atomic E-state index is -0.714. The van der Waals surface area contributed by atoms with Crippen LogP contribution in [0.25, 0.3) is 6.08 Å². The SMILES string of the molecule is COC(=O)/C(C=O)=C\c1ccc(F)cc1. The largest absolute Gasteiger partial charge is 0.465 e. The molecule has 0 aromatic heterocycles. The number of hydrogen-bond acceptors (Lipinski definition) is 3. The predicted octanol–water partition coefficient (Wildman–Crippen LogP) is 1.58. The second-order valence-electron chi connectivity index (χ2n) is 2.76. The van der Waals surface area contributed by atoms with Crippen LogP contribution in [0.3, 0.4) is 0 Å². The Morgan fingerprint density at radius 3 is 2.40 bits per heavy atom. The van der Waals surface area contributed by atoms with Crippen molar-refractivity contribution in [2.75, 3.05) is 7.11 Å². The molecule has 1 aromatic carbocycles. The molecule has 1 rings (SSSR count). The Labute approximate surface area is 86.2 Å². The normalized spacial score (nSPS) is 10.9. The van der Waals surface area contributed by atoms with E-state index in [1.165, 1.54) is 37.5 Å². The van der Waals surface area contributed by atoms with Crippen LogP contribution in [0.1, 0.15) is 5.56 Å². The quantitative estimate of drug-likeness (QED) is 0.249. The molecule has 0 N–H and O–H groups in total. The van der Waals surface area contributed by atoms with E-state index in [1.807, 2.05) is 0 Å². The first-order valence-corrected chi connectivity index (χ1v) is 4.18. The van der Waals surface area contributed by atoms with E-state index in [0.717, 1.165) is 0 Å². The molecule has 0 heterocycles. The highest BCUT2D eigenvalue weighted by molar-refractivity contribution is 6.11. The van der Waals surface area contributed by atoms with Crippen LogP contribution in [0.4, 0.5) is 4.39 Å². The summed E-state index contributed by atoms with van der Waals surface area (Å²) in [4.78, 5) is 21.6. The minimum Gasteiger partial charge on any atom is -0.465 e. The third kappa shape index (κ3) is 3.02. The van der Waals surface area contributed by atoms with Gasteiger partial charge in [0.2, 0.25) is 0 Å². The van der Waals surface area contributed by atoms with Gasteiger partial charge in [0.15, 0.2) is 6.29 Å².